The summed E-state index contributed by atoms with van der Waals surface area (Å²) < 4.78 is 6.96. The molecule has 2 heterocycles. The number of hydrogen-bond donors (Lipinski definition) is 3. The summed E-state index contributed by atoms with van der Waals surface area (Å²) in [6, 6.07) is 5.14. The fourth-order valence-electron chi connectivity index (χ4n) is 3.21. The molecule has 3 N–H and O–H groups in total. The van der Waals surface area contributed by atoms with Gasteiger partial charge in [0.2, 0.25) is 11.8 Å². The number of anilines is 2. The summed E-state index contributed by atoms with van der Waals surface area (Å²) in [5.74, 6) is 0.113. The molecule has 0 bridgehead atoms. The summed E-state index contributed by atoms with van der Waals surface area (Å²) in [4.78, 5) is 24.3. The zero-order valence-corrected chi connectivity index (χ0v) is 15.1. The zero-order valence-electron chi connectivity index (χ0n) is 15.1. The molecule has 2 atom stereocenters. The highest BCUT2D eigenvalue weighted by molar-refractivity contribution is 6.00. The molecule has 0 radical (unpaired) electrons. The second kappa shape index (κ2) is 7.57. The highest BCUT2D eigenvalue weighted by Crippen LogP contribution is 2.31. The van der Waals surface area contributed by atoms with Gasteiger partial charge in [0.25, 0.3) is 0 Å². The molecule has 0 aliphatic carbocycles. The number of nitrogens with one attached hydrogen (secondary N) is 3. The van der Waals surface area contributed by atoms with E-state index in [1.165, 1.54) is 6.92 Å². The Morgan fingerprint density at radius 2 is 2.08 bits per heavy atom. The lowest BCUT2D eigenvalue weighted by atomic mass is 9.90. The Bertz CT molecular complexity index is 817. The maximum Gasteiger partial charge on any atom is 0.229 e. The lowest BCUT2D eigenvalue weighted by molar-refractivity contribution is -0.119. The van der Waals surface area contributed by atoms with E-state index in [9.17, 15) is 9.59 Å². The highest BCUT2D eigenvalue weighted by atomic mass is 16.5. The second-order valence-corrected chi connectivity index (χ2v) is 6.40. The zero-order chi connectivity index (χ0) is 18.7. The monoisotopic (exact) mass is 357 g/mol. The minimum atomic E-state index is -0.226. The predicted molar refractivity (Wildman–Crippen MR) is 98.2 cm³/mol. The van der Waals surface area contributed by atoms with Gasteiger partial charge in [-0.2, -0.15) is 5.10 Å². The lowest BCUT2D eigenvalue weighted by Crippen LogP contribution is -2.28. The molecule has 26 heavy (non-hydrogen) atoms. The molecular formula is C18H23N5O3. The minimum Gasteiger partial charge on any atom is -0.497 e. The molecule has 2 amide bonds. The summed E-state index contributed by atoms with van der Waals surface area (Å²) in [7, 11) is 3.41. The van der Waals surface area contributed by atoms with E-state index in [0.29, 0.717) is 23.7 Å². The van der Waals surface area contributed by atoms with Crippen molar-refractivity contribution in [3.05, 3.63) is 36.2 Å². The summed E-state index contributed by atoms with van der Waals surface area (Å²) in [5.41, 5.74) is 2.09. The minimum absolute atomic E-state index is 0.0542. The van der Waals surface area contributed by atoms with Crippen molar-refractivity contribution in [1.82, 2.24) is 15.1 Å². The first-order valence-electron chi connectivity index (χ1n) is 8.43. The van der Waals surface area contributed by atoms with E-state index in [4.69, 9.17) is 4.74 Å². The Morgan fingerprint density at radius 3 is 2.73 bits per heavy atom. The van der Waals surface area contributed by atoms with Gasteiger partial charge in [0.1, 0.15) is 5.75 Å². The number of hydrogen-bond acceptors (Lipinski definition) is 5. The van der Waals surface area contributed by atoms with E-state index in [1.807, 2.05) is 13.2 Å². The SMILES string of the molecule is COc1ccc(NC(C)=O)c(NC(=O)[C@H]2CNC[C@@H]2c2cnn(C)c2)c1. The molecular weight excluding hydrogens is 334 g/mol. The predicted octanol–water partition coefficient (Wildman–Crippen LogP) is 1.33. The molecule has 1 aromatic carbocycles. The fraction of sp³-hybridized carbons (Fsp3) is 0.389. The number of rotatable bonds is 5. The smallest absolute Gasteiger partial charge is 0.229 e. The number of carbonyl (C=O) groups excluding carboxylic acids is 2. The van der Waals surface area contributed by atoms with Gasteiger partial charge in [-0.25, -0.2) is 0 Å². The van der Waals surface area contributed by atoms with Crippen molar-refractivity contribution in [3.63, 3.8) is 0 Å². The third kappa shape index (κ3) is 3.85. The molecule has 0 saturated carbocycles. The van der Waals surface area contributed by atoms with Crippen molar-refractivity contribution in [3.8, 4) is 5.75 Å². The van der Waals surface area contributed by atoms with Crippen LogP contribution in [0.5, 0.6) is 5.75 Å². The van der Waals surface area contributed by atoms with Crippen LogP contribution in [0.15, 0.2) is 30.6 Å². The molecule has 3 rings (SSSR count). The van der Waals surface area contributed by atoms with Crippen molar-refractivity contribution >= 4 is 23.2 Å². The van der Waals surface area contributed by atoms with E-state index < -0.39 is 0 Å². The Balaban J connectivity index is 1.81. The number of methoxy groups -OCH3 is 1. The van der Waals surface area contributed by atoms with E-state index in [2.05, 4.69) is 21.0 Å². The van der Waals surface area contributed by atoms with Gasteiger partial charge in [0.05, 0.1) is 30.6 Å². The molecule has 1 aromatic heterocycles. The van der Waals surface area contributed by atoms with Crippen molar-refractivity contribution in [1.29, 1.82) is 0 Å². The van der Waals surface area contributed by atoms with Gasteiger partial charge in [0.15, 0.2) is 0 Å². The summed E-state index contributed by atoms with van der Waals surface area (Å²) in [6.45, 7) is 2.74. The average molecular weight is 357 g/mol. The summed E-state index contributed by atoms with van der Waals surface area (Å²) >= 11 is 0. The third-order valence-corrected chi connectivity index (χ3v) is 4.50. The van der Waals surface area contributed by atoms with Crippen molar-refractivity contribution in [2.24, 2.45) is 13.0 Å². The van der Waals surface area contributed by atoms with Crippen LogP contribution in [-0.4, -0.2) is 41.8 Å². The maximum absolute atomic E-state index is 12.9. The molecule has 1 fully saturated rings. The van der Waals surface area contributed by atoms with Crippen LogP contribution in [0.25, 0.3) is 0 Å². The van der Waals surface area contributed by atoms with E-state index in [0.717, 1.165) is 12.1 Å². The van der Waals surface area contributed by atoms with Gasteiger partial charge in [-0.05, 0) is 17.7 Å². The first kappa shape index (κ1) is 17.9. The van der Waals surface area contributed by atoms with Crippen LogP contribution < -0.4 is 20.7 Å². The van der Waals surface area contributed by atoms with Gasteiger partial charge >= 0.3 is 0 Å². The Morgan fingerprint density at radius 1 is 1.27 bits per heavy atom. The number of aromatic nitrogens is 2. The number of nitrogens with zero attached hydrogens (tertiary/aromatic N) is 2. The van der Waals surface area contributed by atoms with Crippen molar-refractivity contribution in [2.75, 3.05) is 30.8 Å². The largest absolute Gasteiger partial charge is 0.497 e. The van der Waals surface area contributed by atoms with Crippen LogP contribution >= 0.6 is 0 Å². The molecule has 2 aromatic rings. The number of carbonyl (C=O) groups is 2. The van der Waals surface area contributed by atoms with Crippen LogP contribution in [0.1, 0.15) is 18.4 Å². The van der Waals surface area contributed by atoms with Crippen LogP contribution in [0.2, 0.25) is 0 Å². The second-order valence-electron chi connectivity index (χ2n) is 6.40. The van der Waals surface area contributed by atoms with Gasteiger partial charge < -0.3 is 20.7 Å². The third-order valence-electron chi connectivity index (χ3n) is 4.50. The normalized spacial score (nSPS) is 19.2. The summed E-state index contributed by atoms with van der Waals surface area (Å²) in [6.07, 6.45) is 3.73. The topological polar surface area (TPSA) is 97.3 Å². The Kier molecular flexibility index (Phi) is 5.22. The molecule has 1 saturated heterocycles. The molecule has 0 spiro atoms. The molecule has 8 heteroatoms. The van der Waals surface area contributed by atoms with Gasteiger partial charge in [0, 0.05) is 45.2 Å². The number of benzene rings is 1. The van der Waals surface area contributed by atoms with Gasteiger partial charge in [-0.15, -0.1) is 0 Å². The standard InChI is InChI=1S/C18H23N5O3/c1-11(24)21-16-5-4-13(26-3)6-17(16)22-18(25)15-9-19-8-14(15)12-7-20-23(2)10-12/h4-7,10,14-15,19H,8-9H2,1-3H3,(H,21,24)(H,22,25)/t14-,15+/m1/s1. The van der Waals surface area contributed by atoms with Crippen LogP contribution in [0, 0.1) is 5.92 Å². The quantitative estimate of drug-likeness (QED) is 0.750. The molecule has 0 unspecified atom stereocenters. The lowest BCUT2D eigenvalue weighted by Gasteiger charge is -2.19. The van der Waals surface area contributed by atoms with Gasteiger partial charge in [-0.3, -0.25) is 14.3 Å². The average Bonchev–Trinajstić information content (AvgIpc) is 3.24. The highest BCUT2D eigenvalue weighted by Gasteiger charge is 2.35. The Hall–Kier alpha value is -2.87. The molecule has 1 aliphatic heterocycles. The van der Waals surface area contributed by atoms with E-state index in [-0.39, 0.29) is 23.7 Å². The van der Waals surface area contributed by atoms with Crippen molar-refractivity contribution in [2.45, 2.75) is 12.8 Å². The summed E-state index contributed by atoms with van der Waals surface area (Å²) in [5, 5.41) is 13.1. The van der Waals surface area contributed by atoms with Crippen molar-refractivity contribution < 1.29 is 14.3 Å². The Labute approximate surface area is 151 Å². The molecule has 8 nitrogen and oxygen atoms in total. The van der Waals surface area contributed by atoms with Crippen LogP contribution in [-0.2, 0) is 16.6 Å². The van der Waals surface area contributed by atoms with E-state index >= 15 is 0 Å². The van der Waals surface area contributed by atoms with Crippen LogP contribution in [0.4, 0.5) is 11.4 Å². The molecule has 1 aliphatic rings. The van der Waals surface area contributed by atoms with Gasteiger partial charge in [-0.1, -0.05) is 0 Å². The number of amides is 2. The van der Waals surface area contributed by atoms with E-state index in [1.54, 1.807) is 36.2 Å². The maximum atomic E-state index is 12.9. The first-order chi connectivity index (χ1) is 12.5. The fourth-order valence-corrected chi connectivity index (χ4v) is 3.21. The first-order valence-corrected chi connectivity index (χ1v) is 8.43. The van der Waals surface area contributed by atoms with Crippen LogP contribution in [0.3, 0.4) is 0 Å². The number of ether oxygens (including phenoxy) is 1. The number of aryl methyl sites for hydroxylation is 1. The molecule has 138 valence electrons.